The molecule has 1 aromatic heterocycles. The van der Waals surface area contributed by atoms with Crippen LogP contribution < -0.4 is 5.32 Å². The molecule has 0 saturated heterocycles. The van der Waals surface area contributed by atoms with Gasteiger partial charge < -0.3 is 10.4 Å². The molecule has 0 spiro atoms. The highest BCUT2D eigenvalue weighted by atomic mass is 35.5. The number of para-hydroxylation sites is 1. The van der Waals surface area contributed by atoms with Gasteiger partial charge in [-0.2, -0.15) is 0 Å². The number of nitrogens with one attached hydrogen (secondary N) is 1. The second kappa shape index (κ2) is 6.67. The summed E-state index contributed by atoms with van der Waals surface area (Å²) >= 11 is 6.03. The minimum Gasteiger partial charge on any atom is -0.479 e. The molecule has 2 aromatic carbocycles. The van der Waals surface area contributed by atoms with Crippen molar-refractivity contribution < 1.29 is 14.7 Å². The molecule has 3 rings (SSSR count). The number of halogens is 1. The number of nitrogens with zero attached hydrogens (tertiary/aromatic N) is 3. The Bertz CT molecular complexity index is 909. The largest absolute Gasteiger partial charge is 0.479 e. The van der Waals surface area contributed by atoms with Gasteiger partial charge in [-0.05, 0) is 18.2 Å². The summed E-state index contributed by atoms with van der Waals surface area (Å²) < 4.78 is 1.41. The van der Waals surface area contributed by atoms with Gasteiger partial charge in [0.25, 0.3) is 0 Å². The van der Waals surface area contributed by atoms with E-state index in [0.29, 0.717) is 16.6 Å². The number of rotatable bonds is 5. The molecule has 2 N–H and O–H groups in total. The smallest absolute Gasteiger partial charge is 0.330 e. The number of benzene rings is 2. The average Bonchev–Trinajstić information content (AvgIpc) is 2.96. The first kappa shape index (κ1) is 15.9. The van der Waals surface area contributed by atoms with E-state index in [1.807, 2.05) is 12.1 Å². The predicted octanol–water partition coefficient (Wildman–Crippen LogP) is 2.03. The Morgan fingerprint density at radius 2 is 1.88 bits per heavy atom. The number of carboxylic acid groups (broad SMARTS) is 1. The number of carbonyl (C=O) groups excluding carboxylic acids is 1. The molecule has 0 aliphatic rings. The highest BCUT2D eigenvalue weighted by Gasteiger charge is 2.24. The van der Waals surface area contributed by atoms with Crippen molar-refractivity contribution in [3.8, 4) is 0 Å². The van der Waals surface area contributed by atoms with Crippen molar-refractivity contribution in [3.63, 3.8) is 0 Å². The fourth-order valence-corrected chi connectivity index (χ4v) is 2.60. The number of amides is 1. The molecular formula is C16H13ClN4O3. The zero-order valence-electron chi connectivity index (χ0n) is 12.4. The van der Waals surface area contributed by atoms with E-state index in [1.165, 1.54) is 4.68 Å². The minimum absolute atomic E-state index is 0.144. The van der Waals surface area contributed by atoms with Gasteiger partial charge in [0.15, 0.2) is 6.04 Å². The molecule has 0 bridgehead atoms. The first-order valence-electron chi connectivity index (χ1n) is 7.11. The second-order valence-corrected chi connectivity index (χ2v) is 5.50. The molecule has 1 heterocycles. The lowest BCUT2D eigenvalue weighted by atomic mass is 10.1. The maximum atomic E-state index is 12.2. The molecule has 0 aliphatic heterocycles. The van der Waals surface area contributed by atoms with Crippen LogP contribution in [0.3, 0.4) is 0 Å². The Kier molecular flexibility index (Phi) is 4.43. The molecule has 24 heavy (non-hydrogen) atoms. The molecule has 7 nitrogen and oxygen atoms in total. The second-order valence-electron chi connectivity index (χ2n) is 5.10. The van der Waals surface area contributed by atoms with Crippen LogP contribution in [0, 0.1) is 0 Å². The number of carboxylic acids is 1. The Balaban J connectivity index is 1.79. The summed E-state index contributed by atoms with van der Waals surface area (Å²) in [5, 5.41) is 20.0. The van der Waals surface area contributed by atoms with Gasteiger partial charge in [0.05, 0.1) is 5.52 Å². The molecule has 0 aliphatic carbocycles. The van der Waals surface area contributed by atoms with E-state index in [9.17, 15) is 14.7 Å². The van der Waals surface area contributed by atoms with Crippen molar-refractivity contribution in [1.82, 2.24) is 20.3 Å². The fourth-order valence-electron chi connectivity index (χ4n) is 2.36. The summed E-state index contributed by atoms with van der Waals surface area (Å²) in [6.45, 7) is -0.144. The standard InChI is InChI=1S/C16H13ClN4O3/c17-11-6-2-1-5-10(11)15(16(23)24)18-14(22)9-21-13-8-4-3-7-12(13)19-20-21/h1-8,15H,9H2,(H,18,22)(H,23,24). The summed E-state index contributed by atoms with van der Waals surface area (Å²) in [7, 11) is 0. The van der Waals surface area contributed by atoms with Crippen molar-refractivity contribution in [1.29, 1.82) is 0 Å². The van der Waals surface area contributed by atoms with Gasteiger partial charge in [-0.1, -0.05) is 47.1 Å². The third-order valence-electron chi connectivity index (χ3n) is 3.48. The summed E-state index contributed by atoms with van der Waals surface area (Å²) in [5.74, 6) is -1.70. The van der Waals surface area contributed by atoms with Crippen LogP contribution in [0.25, 0.3) is 11.0 Å². The van der Waals surface area contributed by atoms with Gasteiger partial charge in [0, 0.05) is 10.6 Å². The highest BCUT2D eigenvalue weighted by Crippen LogP contribution is 2.23. The van der Waals surface area contributed by atoms with E-state index in [4.69, 9.17) is 11.6 Å². The third kappa shape index (κ3) is 3.21. The zero-order chi connectivity index (χ0) is 17.1. The Morgan fingerprint density at radius 3 is 2.62 bits per heavy atom. The SMILES string of the molecule is O=C(Cn1nnc2ccccc21)NC(C(=O)O)c1ccccc1Cl. The molecule has 0 radical (unpaired) electrons. The Morgan fingerprint density at radius 1 is 1.17 bits per heavy atom. The first-order chi connectivity index (χ1) is 11.6. The number of hydrogen-bond acceptors (Lipinski definition) is 4. The van der Waals surface area contributed by atoms with Crippen molar-refractivity contribution in [2.75, 3.05) is 0 Å². The molecule has 3 aromatic rings. The van der Waals surface area contributed by atoms with Crippen molar-refractivity contribution >= 4 is 34.5 Å². The Hall–Kier alpha value is -2.93. The molecule has 8 heteroatoms. The van der Waals surface area contributed by atoms with Gasteiger partial charge >= 0.3 is 5.97 Å². The van der Waals surface area contributed by atoms with Gasteiger partial charge in [-0.3, -0.25) is 4.79 Å². The maximum absolute atomic E-state index is 12.2. The van der Waals surface area contributed by atoms with E-state index in [2.05, 4.69) is 15.6 Å². The normalized spacial score (nSPS) is 12.0. The molecule has 1 unspecified atom stereocenters. The van der Waals surface area contributed by atoms with Gasteiger partial charge in [-0.25, -0.2) is 9.48 Å². The lowest BCUT2D eigenvalue weighted by molar-refractivity contribution is -0.142. The van der Waals surface area contributed by atoms with Crippen LogP contribution in [0.4, 0.5) is 0 Å². The van der Waals surface area contributed by atoms with E-state index < -0.39 is 17.9 Å². The van der Waals surface area contributed by atoms with E-state index in [1.54, 1.807) is 36.4 Å². The molecule has 0 saturated carbocycles. The predicted molar refractivity (Wildman–Crippen MR) is 87.5 cm³/mol. The fraction of sp³-hybridized carbons (Fsp3) is 0.125. The topological polar surface area (TPSA) is 97.1 Å². The van der Waals surface area contributed by atoms with Crippen LogP contribution in [0.15, 0.2) is 48.5 Å². The summed E-state index contributed by atoms with van der Waals surface area (Å²) in [5.41, 5.74) is 1.67. The van der Waals surface area contributed by atoms with Gasteiger partial charge in [0.1, 0.15) is 12.1 Å². The molecular weight excluding hydrogens is 332 g/mol. The van der Waals surface area contributed by atoms with E-state index in [-0.39, 0.29) is 11.6 Å². The van der Waals surface area contributed by atoms with E-state index >= 15 is 0 Å². The Labute approximate surface area is 141 Å². The molecule has 1 amide bonds. The zero-order valence-corrected chi connectivity index (χ0v) is 13.1. The highest BCUT2D eigenvalue weighted by molar-refractivity contribution is 6.31. The number of hydrogen-bond donors (Lipinski definition) is 2. The molecule has 0 fully saturated rings. The summed E-state index contributed by atoms with van der Waals surface area (Å²) in [4.78, 5) is 23.7. The van der Waals surface area contributed by atoms with Crippen LogP contribution in [0.2, 0.25) is 5.02 Å². The lowest BCUT2D eigenvalue weighted by Gasteiger charge is -2.16. The first-order valence-corrected chi connectivity index (χ1v) is 7.49. The quantitative estimate of drug-likeness (QED) is 0.738. The van der Waals surface area contributed by atoms with Crippen LogP contribution in [-0.2, 0) is 16.1 Å². The van der Waals surface area contributed by atoms with Crippen LogP contribution in [-0.4, -0.2) is 32.0 Å². The maximum Gasteiger partial charge on any atom is 0.330 e. The number of carbonyl (C=O) groups is 2. The number of aromatic nitrogens is 3. The summed E-state index contributed by atoms with van der Waals surface area (Å²) in [6, 6.07) is 12.4. The lowest BCUT2D eigenvalue weighted by Crippen LogP contribution is -2.36. The third-order valence-corrected chi connectivity index (χ3v) is 3.83. The van der Waals surface area contributed by atoms with Crippen molar-refractivity contribution in [2.24, 2.45) is 0 Å². The molecule has 122 valence electrons. The molecule has 1 atom stereocenters. The van der Waals surface area contributed by atoms with Crippen LogP contribution in [0.1, 0.15) is 11.6 Å². The van der Waals surface area contributed by atoms with Gasteiger partial charge in [-0.15, -0.1) is 5.10 Å². The van der Waals surface area contributed by atoms with Crippen LogP contribution >= 0.6 is 11.6 Å². The van der Waals surface area contributed by atoms with Crippen LogP contribution in [0.5, 0.6) is 0 Å². The number of aliphatic carboxylic acids is 1. The number of fused-ring (bicyclic) bond motifs is 1. The minimum atomic E-state index is -1.24. The monoisotopic (exact) mass is 344 g/mol. The summed E-state index contributed by atoms with van der Waals surface area (Å²) in [6.07, 6.45) is 0. The average molecular weight is 345 g/mol. The van der Waals surface area contributed by atoms with Crippen molar-refractivity contribution in [2.45, 2.75) is 12.6 Å². The van der Waals surface area contributed by atoms with Crippen molar-refractivity contribution in [3.05, 3.63) is 59.1 Å². The van der Waals surface area contributed by atoms with E-state index in [0.717, 1.165) is 0 Å². The van der Waals surface area contributed by atoms with Gasteiger partial charge in [0.2, 0.25) is 5.91 Å².